The first-order chi connectivity index (χ1) is 14.1. The van der Waals surface area contributed by atoms with Gasteiger partial charge in [-0.3, -0.25) is 0 Å². The Balaban J connectivity index is 1.82. The van der Waals surface area contributed by atoms with Crippen LogP contribution >= 0.6 is 12.2 Å². The van der Waals surface area contributed by atoms with Crippen LogP contribution in [-0.2, 0) is 13.1 Å². The summed E-state index contributed by atoms with van der Waals surface area (Å²) in [6.07, 6.45) is 0. The lowest BCUT2D eigenvalue weighted by Gasteiger charge is -2.27. The average molecular weight is 411 g/mol. The molecule has 0 atom stereocenters. The van der Waals surface area contributed by atoms with Crippen LogP contribution in [0.5, 0.6) is 11.5 Å². The summed E-state index contributed by atoms with van der Waals surface area (Å²) >= 11 is 5.70. The summed E-state index contributed by atoms with van der Waals surface area (Å²) in [6, 6.07) is 22.0. The fraction of sp³-hybridized carbons (Fsp3) is 0.174. The van der Waals surface area contributed by atoms with E-state index >= 15 is 0 Å². The van der Waals surface area contributed by atoms with Crippen LogP contribution in [0.2, 0.25) is 0 Å². The molecule has 0 amide bonds. The molecular formula is C23H23FN2O2S. The SMILES string of the molecule is COc1ccc(NC(=S)N(Cc2ccccc2)Cc2ccc(F)cc2)c(OC)c1. The quantitative estimate of drug-likeness (QED) is 0.539. The van der Waals surface area contributed by atoms with Crippen molar-refractivity contribution in [3.8, 4) is 11.5 Å². The van der Waals surface area contributed by atoms with Crippen molar-refractivity contribution < 1.29 is 13.9 Å². The van der Waals surface area contributed by atoms with E-state index in [9.17, 15) is 4.39 Å². The number of nitrogens with zero attached hydrogens (tertiary/aromatic N) is 1. The first-order valence-electron chi connectivity index (χ1n) is 9.15. The minimum atomic E-state index is -0.257. The zero-order valence-corrected chi connectivity index (χ0v) is 17.2. The van der Waals surface area contributed by atoms with Gasteiger partial charge in [0.05, 0.1) is 19.9 Å². The molecule has 0 fully saturated rings. The number of anilines is 1. The first-order valence-corrected chi connectivity index (χ1v) is 9.56. The van der Waals surface area contributed by atoms with Gasteiger partial charge in [-0.25, -0.2) is 4.39 Å². The number of hydrogen-bond donors (Lipinski definition) is 1. The van der Waals surface area contributed by atoms with Crippen LogP contribution < -0.4 is 14.8 Å². The number of rotatable bonds is 7. The van der Waals surface area contributed by atoms with Crippen molar-refractivity contribution in [3.05, 3.63) is 89.7 Å². The summed E-state index contributed by atoms with van der Waals surface area (Å²) in [6.45, 7) is 1.15. The lowest BCUT2D eigenvalue weighted by molar-refractivity contribution is 0.394. The Labute approximate surface area is 175 Å². The van der Waals surface area contributed by atoms with Crippen LogP contribution in [0.15, 0.2) is 72.8 Å². The van der Waals surface area contributed by atoms with E-state index in [1.54, 1.807) is 32.4 Å². The van der Waals surface area contributed by atoms with Gasteiger partial charge >= 0.3 is 0 Å². The third kappa shape index (κ3) is 5.68. The van der Waals surface area contributed by atoms with Gasteiger partial charge in [-0.05, 0) is 47.6 Å². The summed E-state index contributed by atoms with van der Waals surface area (Å²) in [4.78, 5) is 2.03. The van der Waals surface area contributed by atoms with E-state index in [0.717, 1.165) is 16.8 Å². The van der Waals surface area contributed by atoms with Crippen molar-refractivity contribution in [3.63, 3.8) is 0 Å². The maximum atomic E-state index is 13.3. The van der Waals surface area contributed by atoms with Gasteiger partial charge in [0.2, 0.25) is 0 Å². The molecule has 0 aromatic heterocycles. The van der Waals surface area contributed by atoms with Crippen LogP contribution in [0.4, 0.5) is 10.1 Å². The molecule has 0 unspecified atom stereocenters. The number of nitrogens with one attached hydrogen (secondary N) is 1. The molecule has 6 heteroatoms. The van der Waals surface area contributed by atoms with E-state index < -0.39 is 0 Å². The van der Waals surface area contributed by atoms with Gasteiger partial charge in [0, 0.05) is 19.2 Å². The Kier molecular flexibility index (Phi) is 7.03. The highest BCUT2D eigenvalue weighted by Crippen LogP contribution is 2.29. The minimum Gasteiger partial charge on any atom is -0.497 e. The monoisotopic (exact) mass is 410 g/mol. The van der Waals surface area contributed by atoms with Gasteiger partial charge < -0.3 is 19.7 Å². The largest absolute Gasteiger partial charge is 0.497 e. The molecule has 4 nitrogen and oxygen atoms in total. The molecular weight excluding hydrogens is 387 g/mol. The van der Waals surface area contributed by atoms with E-state index in [-0.39, 0.29) is 5.82 Å². The van der Waals surface area contributed by atoms with Gasteiger partial charge in [0.15, 0.2) is 5.11 Å². The van der Waals surface area contributed by atoms with Crippen molar-refractivity contribution in [1.29, 1.82) is 0 Å². The highest BCUT2D eigenvalue weighted by Gasteiger charge is 2.14. The molecule has 150 valence electrons. The van der Waals surface area contributed by atoms with Crippen molar-refractivity contribution in [2.45, 2.75) is 13.1 Å². The van der Waals surface area contributed by atoms with Gasteiger partial charge in [-0.1, -0.05) is 42.5 Å². The van der Waals surface area contributed by atoms with Gasteiger partial charge in [0.1, 0.15) is 17.3 Å². The molecule has 0 aliphatic heterocycles. The predicted molar refractivity (Wildman–Crippen MR) is 118 cm³/mol. The molecule has 0 aliphatic carbocycles. The molecule has 0 heterocycles. The second-order valence-corrected chi connectivity index (χ2v) is 6.85. The van der Waals surface area contributed by atoms with Gasteiger partial charge in [0.25, 0.3) is 0 Å². The zero-order valence-electron chi connectivity index (χ0n) is 16.4. The molecule has 0 spiro atoms. The summed E-state index contributed by atoms with van der Waals surface area (Å²) in [5.41, 5.74) is 2.84. The Morgan fingerprint density at radius 1 is 0.897 bits per heavy atom. The van der Waals surface area contributed by atoms with E-state index in [2.05, 4.69) is 5.32 Å². The number of benzene rings is 3. The van der Waals surface area contributed by atoms with E-state index in [1.807, 2.05) is 47.4 Å². The fourth-order valence-corrected chi connectivity index (χ4v) is 3.15. The molecule has 3 aromatic carbocycles. The molecule has 0 saturated heterocycles. The van der Waals surface area contributed by atoms with Gasteiger partial charge in [-0.2, -0.15) is 0 Å². The lowest BCUT2D eigenvalue weighted by Crippen LogP contribution is -2.34. The molecule has 0 bridgehead atoms. The molecule has 29 heavy (non-hydrogen) atoms. The highest BCUT2D eigenvalue weighted by atomic mass is 32.1. The third-order valence-electron chi connectivity index (χ3n) is 4.44. The Bertz CT molecular complexity index is 949. The number of methoxy groups -OCH3 is 2. The van der Waals surface area contributed by atoms with E-state index in [1.165, 1.54) is 12.1 Å². The number of thiocarbonyl (C=S) groups is 1. The van der Waals surface area contributed by atoms with Crippen LogP contribution in [-0.4, -0.2) is 24.2 Å². The van der Waals surface area contributed by atoms with E-state index in [4.69, 9.17) is 21.7 Å². The van der Waals surface area contributed by atoms with Crippen LogP contribution in [0, 0.1) is 5.82 Å². The number of hydrogen-bond acceptors (Lipinski definition) is 3. The minimum absolute atomic E-state index is 0.257. The average Bonchev–Trinajstić information content (AvgIpc) is 2.75. The fourth-order valence-electron chi connectivity index (χ4n) is 2.91. The van der Waals surface area contributed by atoms with Crippen molar-refractivity contribution >= 4 is 23.0 Å². The van der Waals surface area contributed by atoms with Crippen LogP contribution in [0.25, 0.3) is 0 Å². The molecule has 0 aliphatic rings. The Morgan fingerprint density at radius 2 is 1.55 bits per heavy atom. The van der Waals surface area contributed by atoms with Crippen LogP contribution in [0.3, 0.4) is 0 Å². The standard InChI is InChI=1S/C23H23FN2O2S/c1-27-20-12-13-21(22(14-20)28-2)25-23(29)26(15-17-6-4-3-5-7-17)16-18-8-10-19(24)11-9-18/h3-14H,15-16H2,1-2H3,(H,25,29). The highest BCUT2D eigenvalue weighted by molar-refractivity contribution is 7.80. The van der Waals surface area contributed by atoms with Crippen molar-refractivity contribution in [2.24, 2.45) is 0 Å². The molecule has 0 saturated carbocycles. The molecule has 3 aromatic rings. The van der Waals surface area contributed by atoms with Crippen molar-refractivity contribution in [2.75, 3.05) is 19.5 Å². The second-order valence-electron chi connectivity index (χ2n) is 6.46. The second kappa shape index (κ2) is 9.89. The summed E-state index contributed by atoms with van der Waals surface area (Å²) in [5, 5.41) is 3.81. The summed E-state index contributed by atoms with van der Waals surface area (Å²) in [7, 11) is 3.21. The zero-order chi connectivity index (χ0) is 20.6. The van der Waals surface area contributed by atoms with Crippen molar-refractivity contribution in [1.82, 2.24) is 4.90 Å². The summed E-state index contributed by atoms with van der Waals surface area (Å²) in [5.74, 6) is 1.07. The van der Waals surface area contributed by atoms with Crippen LogP contribution in [0.1, 0.15) is 11.1 Å². The number of halogens is 1. The normalized spacial score (nSPS) is 10.3. The smallest absolute Gasteiger partial charge is 0.174 e. The predicted octanol–water partition coefficient (Wildman–Crippen LogP) is 5.24. The maximum absolute atomic E-state index is 13.3. The third-order valence-corrected chi connectivity index (χ3v) is 4.80. The number of ether oxygens (including phenoxy) is 2. The Hall–Kier alpha value is -3.12. The van der Waals surface area contributed by atoms with Gasteiger partial charge in [-0.15, -0.1) is 0 Å². The lowest BCUT2D eigenvalue weighted by atomic mass is 10.1. The summed E-state index contributed by atoms with van der Waals surface area (Å²) < 4.78 is 24.0. The topological polar surface area (TPSA) is 33.7 Å². The van der Waals surface area contributed by atoms with E-state index in [0.29, 0.717) is 29.7 Å². The molecule has 1 N–H and O–H groups in total. The maximum Gasteiger partial charge on any atom is 0.174 e. The first kappa shape index (κ1) is 20.6. The molecule has 0 radical (unpaired) electrons. The Morgan fingerprint density at radius 3 is 2.17 bits per heavy atom. The molecule has 3 rings (SSSR count).